The second-order valence-electron chi connectivity index (χ2n) is 5.27. The Labute approximate surface area is 164 Å². The van der Waals surface area contributed by atoms with Gasteiger partial charge in [0.25, 0.3) is 5.91 Å². The number of amidine groups is 1. The third-order valence-corrected chi connectivity index (χ3v) is 5.08. The van der Waals surface area contributed by atoms with Crippen molar-refractivity contribution in [3.63, 3.8) is 0 Å². The zero-order valence-electron chi connectivity index (χ0n) is 13.7. The first-order chi connectivity index (χ1) is 12.5. The van der Waals surface area contributed by atoms with Gasteiger partial charge in [0.15, 0.2) is 16.7 Å². The Bertz CT molecular complexity index is 908. The summed E-state index contributed by atoms with van der Waals surface area (Å²) in [5, 5.41) is 1.28. The van der Waals surface area contributed by atoms with E-state index >= 15 is 0 Å². The predicted molar refractivity (Wildman–Crippen MR) is 106 cm³/mol. The van der Waals surface area contributed by atoms with Gasteiger partial charge in [-0.1, -0.05) is 35.3 Å². The molecule has 0 atom stereocenters. The van der Waals surface area contributed by atoms with Crippen molar-refractivity contribution in [2.75, 3.05) is 7.11 Å². The Kier molecular flexibility index (Phi) is 5.76. The molecule has 134 valence electrons. The quantitative estimate of drug-likeness (QED) is 0.736. The lowest BCUT2D eigenvalue weighted by molar-refractivity contribution is -0.113. The molecule has 1 heterocycles. The van der Waals surface area contributed by atoms with Crippen molar-refractivity contribution in [2.24, 2.45) is 10.7 Å². The fourth-order valence-electron chi connectivity index (χ4n) is 2.29. The van der Waals surface area contributed by atoms with Crippen LogP contribution in [0.25, 0.3) is 6.08 Å². The molecule has 0 bridgehead atoms. The number of carbonyl (C=O) groups is 1. The number of hydrogen-bond donors (Lipinski definition) is 1. The van der Waals surface area contributed by atoms with E-state index in [1.807, 2.05) is 6.07 Å². The number of methoxy groups -OCH3 is 1. The molecule has 0 saturated carbocycles. The van der Waals surface area contributed by atoms with E-state index in [1.165, 1.54) is 0 Å². The highest BCUT2D eigenvalue weighted by molar-refractivity contribution is 8.18. The van der Waals surface area contributed by atoms with E-state index in [2.05, 4.69) is 4.99 Å². The smallest absolute Gasteiger partial charge is 0.286 e. The van der Waals surface area contributed by atoms with Crippen LogP contribution >= 0.6 is 35.0 Å². The summed E-state index contributed by atoms with van der Waals surface area (Å²) in [6.45, 7) is 0.179. The molecule has 3 rings (SSSR count). The molecule has 26 heavy (non-hydrogen) atoms. The molecule has 0 spiro atoms. The van der Waals surface area contributed by atoms with Crippen LogP contribution in [-0.4, -0.2) is 18.2 Å². The molecular weight excluding hydrogens is 395 g/mol. The maximum absolute atomic E-state index is 11.7. The Hall–Kier alpha value is -2.15. The van der Waals surface area contributed by atoms with Gasteiger partial charge in [-0.3, -0.25) is 4.79 Å². The van der Waals surface area contributed by atoms with Crippen molar-refractivity contribution >= 4 is 52.1 Å². The van der Waals surface area contributed by atoms with Gasteiger partial charge in [0.2, 0.25) is 0 Å². The lowest BCUT2D eigenvalue weighted by atomic mass is 10.2. The molecule has 2 aromatic carbocycles. The molecular formula is C18H14Cl2N2O3S. The van der Waals surface area contributed by atoms with Crippen LogP contribution in [0.4, 0.5) is 0 Å². The standard InChI is InChI=1S/C18H14Cl2N2O3S/c1-24-14-6-5-10(8-16-17(23)22-18(21)26-16)7-15(14)25-9-11-12(19)3-2-4-13(11)20/h2-8H,9H2,1H3,(H2,21,22,23)/b16-8+. The van der Waals surface area contributed by atoms with E-state index in [9.17, 15) is 4.79 Å². The Morgan fingerprint density at radius 1 is 1.19 bits per heavy atom. The highest BCUT2D eigenvalue weighted by Gasteiger charge is 2.19. The average Bonchev–Trinajstić information content (AvgIpc) is 2.92. The first-order valence-electron chi connectivity index (χ1n) is 7.49. The number of benzene rings is 2. The van der Waals surface area contributed by atoms with Crippen LogP contribution < -0.4 is 15.2 Å². The fourth-order valence-corrected chi connectivity index (χ4v) is 3.48. The van der Waals surface area contributed by atoms with Crippen LogP contribution in [0.15, 0.2) is 46.3 Å². The maximum atomic E-state index is 11.7. The van der Waals surface area contributed by atoms with Crippen molar-refractivity contribution in [2.45, 2.75) is 6.61 Å². The minimum Gasteiger partial charge on any atom is -0.493 e. The number of halogens is 2. The van der Waals surface area contributed by atoms with Crippen molar-refractivity contribution in [1.82, 2.24) is 0 Å². The molecule has 0 aromatic heterocycles. The summed E-state index contributed by atoms with van der Waals surface area (Å²) in [7, 11) is 1.55. The molecule has 8 heteroatoms. The molecule has 2 N–H and O–H groups in total. The lowest BCUT2D eigenvalue weighted by Crippen LogP contribution is -2.01. The first-order valence-corrected chi connectivity index (χ1v) is 9.07. The summed E-state index contributed by atoms with van der Waals surface area (Å²) in [5.41, 5.74) is 7.01. The third-order valence-electron chi connectivity index (χ3n) is 3.56. The van der Waals surface area contributed by atoms with Crippen molar-refractivity contribution in [3.8, 4) is 11.5 Å². The number of thioether (sulfide) groups is 1. The molecule has 0 saturated heterocycles. The van der Waals surface area contributed by atoms with E-state index in [-0.39, 0.29) is 17.7 Å². The Morgan fingerprint density at radius 2 is 1.92 bits per heavy atom. The lowest BCUT2D eigenvalue weighted by Gasteiger charge is -2.13. The summed E-state index contributed by atoms with van der Waals surface area (Å²) in [6.07, 6.45) is 1.70. The molecule has 0 unspecified atom stereocenters. The van der Waals surface area contributed by atoms with E-state index in [4.69, 9.17) is 38.4 Å². The monoisotopic (exact) mass is 408 g/mol. The first kappa shape index (κ1) is 18.6. The summed E-state index contributed by atoms with van der Waals surface area (Å²) in [5.74, 6) is 0.701. The van der Waals surface area contributed by atoms with Crippen LogP contribution in [0.3, 0.4) is 0 Å². The SMILES string of the molecule is COc1ccc(/C=C2/SC(N)=NC2=O)cc1OCc1c(Cl)cccc1Cl. The Balaban J connectivity index is 1.85. The molecule has 1 amide bonds. The molecule has 0 fully saturated rings. The van der Waals surface area contributed by atoms with Gasteiger partial charge in [-0.05, 0) is 47.7 Å². The van der Waals surface area contributed by atoms with Crippen molar-refractivity contribution in [3.05, 3.63) is 62.5 Å². The van der Waals surface area contributed by atoms with Crippen LogP contribution in [0.5, 0.6) is 11.5 Å². The number of aliphatic imine (C=N–C) groups is 1. The number of hydrogen-bond acceptors (Lipinski definition) is 5. The summed E-state index contributed by atoms with van der Waals surface area (Å²) < 4.78 is 11.2. The average molecular weight is 409 g/mol. The highest BCUT2D eigenvalue weighted by Crippen LogP contribution is 2.33. The summed E-state index contributed by atoms with van der Waals surface area (Å²) >= 11 is 13.5. The van der Waals surface area contributed by atoms with E-state index in [0.29, 0.717) is 32.0 Å². The topological polar surface area (TPSA) is 73.9 Å². The normalized spacial score (nSPS) is 15.3. The second-order valence-corrected chi connectivity index (χ2v) is 7.14. The second kappa shape index (κ2) is 8.03. The maximum Gasteiger partial charge on any atom is 0.286 e. The van der Waals surface area contributed by atoms with Gasteiger partial charge in [-0.25, -0.2) is 0 Å². The summed E-state index contributed by atoms with van der Waals surface area (Å²) in [4.78, 5) is 15.9. The van der Waals surface area contributed by atoms with E-state index in [0.717, 1.165) is 17.3 Å². The van der Waals surface area contributed by atoms with Crippen LogP contribution in [0, 0.1) is 0 Å². The van der Waals surface area contributed by atoms with Crippen LogP contribution in [0.2, 0.25) is 10.0 Å². The van der Waals surface area contributed by atoms with Gasteiger partial charge >= 0.3 is 0 Å². The van der Waals surface area contributed by atoms with Crippen LogP contribution in [-0.2, 0) is 11.4 Å². The molecule has 1 aliphatic rings. The minimum absolute atomic E-state index is 0.179. The van der Waals surface area contributed by atoms with E-state index < -0.39 is 0 Å². The zero-order chi connectivity index (χ0) is 18.7. The van der Waals surface area contributed by atoms with Crippen molar-refractivity contribution < 1.29 is 14.3 Å². The molecule has 1 aliphatic heterocycles. The zero-order valence-corrected chi connectivity index (χ0v) is 16.0. The van der Waals surface area contributed by atoms with Gasteiger partial charge in [0.1, 0.15) is 6.61 Å². The van der Waals surface area contributed by atoms with Gasteiger partial charge in [-0.15, -0.1) is 0 Å². The summed E-state index contributed by atoms with van der Waals surface area (Å²) in [6, 6.07) is 10.6. The largest absolute Gasteiger partial charge is 0.493 e. The van der Waals surface area contributed by atoms with Gasteiger partial charge < -0.3 is 15.2 Å². The van der Waals surface area contributed by atoms with E-state index in [1.54, 1.807) is 43.5 Å². The van der Waals surface area contributed by atoms with Crippen molar-refractivity contribution in [1.29, 1.82) is 0 Å². The number of ether oxygens (including phenoxy) is 2. The number of amides is 1. The van der Waals surface area contributed by atoms with Gasteiger partial charge in [-0.2, -0.15) is 4.99 Å². The third kappa shape index (κ3) is 4.15. The van der Waals surface area contributed by atoms with Gasteiger partial charge in [0.05, 0.1) is 12.0 Å². The number of nitrogens with two attached hydrogens (primary N) is 1. The highest BCUT2D eigenvalue weighted by atomic mass is 35.5. The van der Waals surface area contributed by atoms with Crippen LogP contribution in [0.1, 0.15) is 11.1 Å². The molecule has 0 radical (unpaired) electrons. The number of carbonyl (C=O) groups excluding carboxylic acids is 1. The predicted octanol–water partition coefficient (Wildman–Crippen LogP) is 4.51. The molecule has 0 aliphatic carbocycles. The Morgan fingerprint density at radius 3 is 2.54 bits per heavy atom. The number of rotatable bonds is 5. The minimum atomic E-state index is -0.353. The molecule has 5 nitrogen and oxygen atoms in total. The number of nitrogens with zero attached hydrogens (tertiary/aromatic N) is 1. The fraction of sp³-hybridized carbons (Fsp3) is 0.111. The van der Waals surface area contributed by atoms with Gasteiger partial charge in [0, 0.05) is 15.6 Å². The molecule has 2 aromatic rings.